The van der Waals surface area contributed by atoms with Crippen molar-refractivity contribution >= 4 is 38.4 Å². The van der Waals surface area contributed by atoms with E-state index in [0.29, 0.717) is 17.2 Å². The van der Waals surface area contributed by atoms with E-state index in [0.717, 1.165) is 0 Å². The van der Waals surface area contributed by atoms with Gasteiger partial charge in [-0.25, -0.2) is 0 Å². The van der Waals surface area contributed by atoms with E-state index in [2.05, 4.69) is 173 Å². The summed E-state index contributed by atoms with van der Waals surface area (Å²) in [5, 5.41) is 6.07. The summed E-state index contributed by atoms with van der Waals surface area (Å²) in [4.78, 5) is 0. The third kappa shape index (κ3) is 8.65. The van der Waals surface area contributed by atoms with Crippen LogP contribution in [0.15, 0.2) is 48.5 Å². The maximum atomic E-state index is 2.53. The second-order valence-corrected chi connectivity index (χ2v) is 21.8. The summed E-state index contributed by atoms with van der Waals surface area (Å²) in [6.07, 6.45) is 0. The molecule has 3 rings (SSSR count). The Kier molecular flexibility index (Phi) is 10.3. The van der Waals surface area contributed by atoms with E-state index >= 15 is 0 Å². The average molecular weight is 631 g/mol. The van der Waals surface area contributed by atoms with Gasteiger partial charge in [0.1, 0.15) is 0 Å². The van der Waals surface area contributed by atoms with Gasteiger partial charge in [0.25, 0.3) is 0 Å². The van der Waals surface area contributed by atoms with E-state index in [9.17, 15) is 0 Å². The lowest BCUT2D eigenvalue weighted by molar-refractivity contribution is 0.553. The minimum Gasteiger partial charge on any atom is -0.0616 e. The van der Waals surface area contributed by atoms with Gasteiger partial charge in [0.2, 0.25) is 0 Å². The van der Waals surface area contributed by atoms with Gasteiger partial charge in [-0.2, -0.15) is 0 Å². The van der Waals surface area contributed by atoms with Gasteiger partial charge in [0.05, 0.1) is 0 Å². The molecule has 2 unspecified atom stereocenters. The summed E-state index contributed by atoms with van der Waals surface area (Å²) in [5.41, 5.74) is 9.35. The number of hydrogen-bond donors (Lipinski definition) is 0. The molecule has 0 aliphatic heterocycles. The summed E-state index contributed by atoms with van der Waals surface area (Å²) in [6, 6.07) is 19.5. The van der Waals surface area contributed by atoms with Gasteiger partial charge in [-0.05, 0) is 87.1 Å². The van der Waals surface area contributed by atoms with Crippen LogP contribution in [0.4, 0.5) is 0 Å². The maximum absolute atomic E-state index is 2.53. The highest BCUT2D eigenvalue weighted by molar-refractivity contribution is 7.62. The Morgan fingerprint density at radius 1 is 0.341 bits per heavy atom. The molecule has 0 radical (unpaired) electrons. The molecule has 0 spiro atoms. The highest BCUT2D eigenvalue weighted by Gasteiger charge is 2.31. The molecule has 0 aliphatic carbocycles. The highest BCUT2D eigenvalue weighted by Crippen LogP contribution is 2.39. The van der Waals surface area contributed by atoms with Crippen LogP contribution in [0, 0.1) is 0 Å². The molecule has 242 valence electrons. The SMILES string of the molecule is CC(C)(C)c1cc(C(C)(C)C)c(Pc2ccccc2Pc2c(C(C)(C)C)cc(C(C)(C)C)cc2C(C)(C)C)c(C(C)(C)C)c1. The van der Waals surface area contributed by atoms with Crippen molar-refractivity contribution in [2.45, 2.75) is 157 Å². The van der Waals surface area contributed by atoms with Crippen LogP contribution in [0.25, 0.3) is 0 Å². The smallest absolute Gasteiger partial charge is 0.0125 e. The average Bonchev–Trinajstić information content (AvgIpc) is 2.81. The molecule has 0 amide bonds. The minimum absolute atomic E-state index is 0.0580. The number of hydrogen-bond acceptors (Lipinski definition) is 0. The topological polar surface area (TPSA) is 0 Å². The fourth-order valence-electron chi connectivity index (χ4n) is 5.76. The largest absolute Gasteiger partial charge is 0.0616 e. The molecule has 0 bridgehead atoms. The Bertz CT molecular complexity index is 1290. The minimum atomic E-state index is 0.0580. The van der Waals surface area contributed by atoms with Crippen molar-refractivity contribution in [2.75, 3.05) is 0 Å². The predicted molar refractivity (Wildman–Crippen MR) is 207 cm³/mol. The molecule has 0 aliphatic rings. The van der Waals surface area contributed by atoms with Crippen LogP contribution in [0.2, 0.25) is 0 Å². The van der Waals surface area contributed by atoms with Crippen LogP contribution in [-0.4, -0.2) is 0 Å². The second-order valence-electron chi connectivity index (χ2n) is 19.2. The Morgan fingerprint density at radius 3 is 0.750 bits per heavy atom. The van der Waals surface area contributed by atoms with Gasteiger partial charge in [0, 0.05) is 0 Å². The molecule has 44 heavy (non-hydrogen) atoms. The lowest BCUT2D eigenvalue weighted by Crippen LogP contribution is -2.34. The lowest BCUT2D eigenvalue weighted by Gasteiger charge is -2.35. The maximum Gasteiger partial charge on any atom is -0.0125 e. The molecule has 0 nitrogen and oxygen atoms in total. The van der Waals surface area contributed by atoms with Crippen molar-refractivity contribution in [3.63, 3.8) is 0 Å². The molecule has 2 heteroatoms. The molecule has 0 fully saturated rings. The van der Waals surface area contributed by atoms with Gasteiger partial charge >= 0.3 is 0 Å². The fourth-order valence-corrected chi connectivity index (χ4v) is 9.79. The molecule has 0 aromatic heterocycles. The molecular weight excluding hydrogens is 566 g/mol. The zero-order chi connectivity index (χ0) is 33.8. The number of rotatable bonds is 4. The van der Waals surface area contributed by atoms with Gasteiger partial charge in [-0.3, -0.25) is 0 Å². The van der Waals surface area contributed by atoms with Crippen LogP contribution < -0.4 is 21.2 Å². The van der Waals surface area contributed by atoms with Crippen LogP contribution in [-0.2, 0) is 32.5 Å². The van der Waals surface area contributed by atoms with Gasteiger partial charge in [0.15, 0.2) is 0 Å². The predicted octanol–water partition coefficient (Wildman–Crippen LogP) is 10.7. The summed E-state index contributed by atoms with van der Waals surface area (Å²) in [6.45, 7) is 42.8. The van der Waals surface area contributed by atoms with E-state index in [4.69, 9.17) is 0 Å². The first-order chi connectivity index (χ1) is 19.6. The van der Waals surface area contributed by atoms with E-state index in [1.54, 1.807) is 10.6 Å². The van der Waals surface area contributed by atoms with Crippen molar-refractivity contribution in [1.82, 2.24) is 0 Å². The van der Waals surface area contributed by atoms with E-state index in [1.165, 1.54) is 44.0 Å². The zero-order valence-corrected chi connectivity index (χ0v) is 33.6. The lowest BCUT2D eigenvalue weighted by atomic mass is 9.75. The standard InChI is InChI=1S/C42H64P2/c1-37(2,3)27-23-29(39(7,8)9)35(30(24-27)40(10,11)12)43-33-21-19-20-22-34(33)44-36-31(41(13,14)15)25-28(38(4,5)6)26-32(36)42(16,17)18/h19-26,43-44H,1-18H3. The first-order valence-corrected chi connectivity index (χ1v) is 18.6. The van der Waals surface area contributed by atoms with Crippen LogP contribution >= 0.6 is 17.2 Å². The van der Waals surface area contributed by atoms with Gasteiger partial charge < -0.3 is 0 Å². The molecular formula is C42H64P2. The first-order valence-electron chi connectivity index (χ1n) is 16.6. The normalized spacial score (nSPS) is 14.4. The first kappa shape index (κ1) is 37.0. The van der Waals surface area contributed by atoms with Crippen LogP contribution in [0.5, 0.6) is 0 Å². The number of benzene rings is 3. The molecule has 2 atom stereocenters. The van der Waals surface area contributed by atoms with Crippen LogP contribution in [0.1, 0.15) is 158 Å². The third-order valence-electron chi connectivity index (χ3n) is 8.69. The van der Waals surface area contributed by atoms with Crippen molar-refractivity contribution in [3.8, 4) is 0 Å². The highest BCUT2D eigenvalue weighted by atomic mass is 31.1. The van der Waals surface area contributed by atoms with Crippen molar-refractivity contribution in [1.29, 1.82) is 0 Å². The third-order valence-corrected chi connectivity index (χ3v) is 11.9. The van der Waals surface area contributed by atoms with E-state index in [-0.39, 0.29) is 32.5 Å². The zero-order valence-electron chi connectivity index (χ0n) is 31.6. The Balaban J connectivity index is 2.33. The molecule has 0 saturated carbocycles. The van der Waals surface area contributed by atoms with E-state index in [1.807, 2.05) is 0 Å². The molecule has 0 heterocycles. The summed E-state index contributed by atoms with van der Waals surface area (Å²) < 4.78 is 0. The van der Waals surface area contributed by atoms with Gasteiger partial charge in [-0.15, -0.1) is 0 Å². The van der Waals surface area contributed by atoms with Crippen molar-refractivity contribution in [3.05, 3.63) is 81.9 Å². The van der Waals surface area contributed by atoms with Crippen LogP contribution in [0.3, 0.4) is 0 Å². The molecule has 0 N–H and O–H groups in total. The second kappa shape index (κ2) is 12.3. The Morgan fingerprint density at radius 2 is 0.568 bits per heavy atom. The van der Waals surface area contributed by atoms with Crippen molar-refractivity contribution < 1.29 is 0 Å². The Hall–Kier alpha value is -1.48. The van der Waals surface area contributed by atoms with Crippen molar-refractivity contribution in [2.24, 2.45) is 0 Å². The fraction of sp³-hybridized carbons (Fsp3) is 0.571. The molecule has 3 aromatic rings. The molecule has 0 saturated heterocycles. The summed E-state index contributed by atoms with van der Waals surface area (Å²) in [7, 11) is 1.23. The Labute approximate surface area is 276 Å². The quantitative estimate of drug-likeness (QED) is 0.252. The van der Waals surface area contributed by atoms with Gasteiger partial charge in [-0.1, -0.05) is 190 Å². The molecule has 3 aromatic carbocycles. The summed E-state index contributed by atoms with van der Waals surface area (Å²) in [5.74, 6) is 0. The van der Waals surface area contributed by atoms with E-state index < -0.39 is 0 Å². The monoisotopic (exact) mass is 630 g/mol. The summed E-state index contributed by atoms with van der Waals surface area (Å²) >= 11 is 0.